The summed E-state index contributed by atoms with van der Waals surface area (Å²) in [6.07, 6.45) is 6.19. The fourth-order valence-corrected chi connectivity index (χ4v) is 2.76. The van der Waals surface area contributed by atoms with Crippen LogP contribution in [-0.4, -0.2) is 35.1 Å². The second-order valence-electron chi connectivity index (χ2n) is 5.66. The first-order valence-electron chi connectivity index (χ1n) is 7.35. The van der Waals surface area contributed by atoms with Gasteiger partial charge in [0.1, 0.15) is 17.5 Å². The summed E-state index contributed by atoms with van der Waals surface area (Å²) in [6, 6.07) is 3.13. The Morgan fingerprint density at radius 1 is 1.32 bits per heavy atom. The molecule has 3 N–H and O–H groups in total. The molecule has 0 spiro atoms. The minimum Gasteiger partial charge on any atom is -0.367 e. The van der Waals surface area contributed by atoms with E-state index in [1.54, 1.807) is 0 Å². The average molecular weight is 261 g/mol. The normalized spacial score (nSPS) is 23.5. The lowest BCUT2D eigenvalue weighted by Crippen LogP contribution is -2.44. The van der Waals surface area contributed by atoms with Gasteiger partial charge < -0.3 is 16.0 Å². The van der Waals surface area contributed by atoms with E-state index in [-0.39, 0.29) is 0 Å². The van der Waals surface area contributed by atoms with Crippen LogP contribution in [0.3, 0.4) is 0 Å². The van der Waals surface area contributed by atoms with Gasteiger partial charge in [0, 0.05) is 31.2 Å². The fraction of sp³-hybridized carbons (Fsp3) is 0.714. The fourth-order valence-electron chi connectivity index (χ4n) is 2.76. The number of nitrogens with one attached hydrogen (secondary N) is 1. The van der Waals surface area contributed by atoms with Gasteiger partial charge in [-0.3, -0.25) is 0 Å². The smallest absolute Gasteiger partial charge is 0.134 e. The molecule has 0 amide bonds. The van der Waals surface area contributed by atoms with Crippen LogP contribution in [0.15, 0.2) is 6.07 Å². The Kier molecular flexibility index (Phi) is 3.55. The van der Waals surface area contributed by atoms with Crippen LogP contribution < -0.4 is 16.0 Å². The van der Waals surface area contributed by atoms with Crippen molar-refractivity contribution in [3.8, 4) is 0 Å². The van der Waals surface area contributed by atoms with Crippen LogP contribution >= 0.6 is 0 Å². The Morgan fingerprint density at radius 2 is 2.16 bits per heavy atom. The predicted octanol–water partition coefficient (Wildman–Crippen LogP) is 1.68. The molecule has 1 aliphatic carbocycles. The number of hydrogen-bond acceptors (Lipinski definition) is 5. The molecule has 2 fully saturated rings. The summed E-state index contributed by atoms with van der Waals surface area (Å²) >= 11 is 0. The minimum absolute atomic E-state index is 0.428. The maximum atomic E-state index is 5.90. The first-order valence-corrected chi connectivity index (χ1v) is 7.35. The first kappa shape index (κ1) is 12.7. The third-order valence-electron chi connectivity index (χ3n) is 3.95. The number of rotatable bonds is 4. The van der Waals surface area contributed by atoms with E-state index in [2.05, 4.69) is 26.3 Å². The van der Waals surface area contributed by atoms with E-state index < -0.39 is 0 Å². The van der Waals surface area contributed by atoms with Gasteiger partial charge in [-0.1, -0.05) is 0 Å². The van der Waals surface area contributed by atoms with Gasteiger partial charge in [0.15, 0.2) is 0 Å². The van der Waals surface area contributed by atoms with Crippen molar-refractivity contribution in [2.45, 2.75) is 51.1 Å². The average Bonchev–Trinajstić information content (AvgIpc) is 3.22. The van der Waals surface area contributed by atoms with Crippen LogP contribution in [0.25, 0.3) is 0 Å². The molecular weight excluding hydrogens is 238 g/mol. The van der Waals surface area contributed by atoms with E-state index in [1.165, 1.54) is 32.1 Å². The quantitative estimate of drug-likeness (QED) is 0.863. The summed E-state index contributed by atoms with van der Waals surface area (Å²) in [7, 11) is 0. The van der Waals surface area contributed by atoms with Crippen LogP contribution in [0.4, 0.5) is 11.6 Å². The number of aromatic nitrogens is 2. The number of anilines is 2. The van der Waals surface area contributed by atoms with Gasteiger partial charge in [0.05, 0.1) is 0 Å². The van der Waals surface area contributed by atoms with Crippen molar-refractivity contribution in [1.82, 2.24) is 9.97 Å². The molecule has 1 aliphatic heterocycles. The van der Waals surface area contributed by atoms with E-state index in [1.807, 2.05) is 6.92 Å². The molecule has 5 heteroatoms. The molecule has 1 aromatic rings. The second kappa shape index (κ2) is 5.33. The molecule has 2 heterocycles. The van der Waals surface area contributed by atoms with Gasteiger partial charge >= 0.3 is 0 Å². The lowest BCUT2D eigenvalue weighted by Gasteiger charge is -2.36. The largest absolute Gasteiger partial charge is 0.367 e. The molecule has 5 nitrogen and oxygen atoms in total. The van der Waals surface area contributed by atoms with Gasteiger partial charge in [0.2, 0.25) is 0 Å². The molecule has 1 saturated heterocycles. The highest BCUT2D eigenvalue weighted by atomic mass is 15.2. The maximum Gasteiger partial charge on any atom is 0.134 e. The highest BCUT2D eigenvalue weighted by Crippen LogP contribution is 2.27. The zero-order chi connectivity index (χ0) is 13.2. The van der Waals surface area contributed by atoms with Crippen molar-refractivity contribution in [3.05, 3.63) is 11.9 Å². The highest BCUT2D eigenvalue weighted by molar-refractivity contribution is 5.51. The Labute approximate surface area is 114 Å². The molecular formula is C14H23N5. The standard InChI is InChI=1S/C14H23N5/c1-10-16-13(18-11-5-6-11)8-14(17-10)19-7-3-2-4-12(19)9-15/h8,11-12H,2-7,9,15H2,1H3,(H,16,17,18). The summed E-state index contributed by atoms with van der Waals surface area (Å²) in [4.78, 5) is 11.4. The lowest BCUT2D eigenvalue weighted by atomic mass is 10.0. The Hall–Kier alpha value is -1.36. The van der Waals surface area contributed by atoms with E-state index in [9.17, 15) is 0 Å². The van der Waals surface area contributed by atoms with E-state index >= 15 is 0 Å². The van der Waals surface area contributed by atoms with E-state index in [0.29, 0.717) is 18.6 Å². The monoisotopic (exact) mass is 261 g/mol. The van der Waals surface area contributed by atoms with Gasteiger partial charge in [-0.05, 0) is 39.0 Å². The van der Waals surface area contributed by atoms with Crippen molar-refractivity contribution < 1.29 is 0 Å². The summed E-state index contributed by atoms with van der Waals surface area (Å²) in [5, 5.41) is 3.46. The zero-order valence-electron chi connectivity index (χ0n) is 11.6. The van der Waals surface area contributed by atoms with Crippen LogP contribution in [0.5, 0.6) is 0 Å². The zero-order valence-corrected chi connectivity index (χ0v) is 11.6. The third kappa shape index (κ3) is 2.97. The summed E-state index contributed by atoms with van der Waals surface area (Å²) in [5.74, 6) is 2.83. The second-order valence-corrected chi connectivity index (χ2v) is 5.66. The number of nitrogens with zero attached hydrogens (tertiary/aromatic N) is 3. The predicted molar refractivity (Wildman–Crippen MR) is 77.5 cm³/mol. The van der Waals surface area contributed by atoms with Crippen LogP contribution in [-0.2, 0) is 0 Å². The third-order valence-corrected chi connectivity index (χ3v) is 3.95. The Balaban J connectivity index is 1.83. The van der Waals surface area contributed by atoms with Crippen LogP contribution in [0.1, 0.15) is 37.9 Å². The summed E-state index contributed by atoms with van der Waals surface area (Å²) < 4.78 is 0. The summed E-state index contributed by atoms with van der Waals surface area (Å²) in [6.45, 7) is 3.72. The SMILES string of the molecule is Cc1nc(NC2CC2)cc(N2CCCCC2CN)n1. The van der Waals surface area contributed by atoms with E-state index in [0.717, 1.165) is 24.0 Å². The maximum absolute atomic E-state index is 5.90. The minimum atomic E-state index is 0.428. The molecule has 1 atom stereocenters. The van der Waals surface area contributed by atoms with Gasteiger partial charge in [-0.15, -0.1) is 0 Å². The van der Waals surface area contributed by atoms with Gasteiger partial charge in [-0.2, -0.15) is 0 Å². The molecule has 2 aliphatic rings. The molecule has 0 radical (unpaired) electrons. The molecule has 3 rings (SSSR count). The molecule has 0 aromatic carbocycles. The van der Waals surface area contributed by atoms with Crippen molar-refractivity contribution in [3.63, 3.8) is 0 Å². The summed E-state index contributed by atoms with van der Waals surface area (Å²) in [5.41, 5.74) is 5.90. The highest BCUT2D eigenvalue weighted by Gasteiger charge is 2.25. The van der Waals surface area contributed by atoms with E-state index in [4.69, 9.17) is 5.73 Å². The number of piperidine rings is 1. The molecule has 1 saturated carbocycles. The van der Waals surface area contributed by atoms with Crippen LogP contribution in [0.2, 0.25) is 0 Å². The molecule has 1 aromatic heterocycles. The Morgan fingerprint density at radius 3 is 2.89 bits per heavy atom. The van der Waals surface area contributed by atoms with Crippen molar-refractivity contribution >= 4 is 11.6 Å². The first-order chi connectivity index (χ1) is 9.26. The van der Waals surface area contributed by atoms with Gasteiger partial charge in [0.25, 0.3) is 0 Å². The Bertz CT molecular complexity index is 443. The van der Waals surface area contributed by atoms with Crippen molar-refractivity contribution in [1.29, 1.82) is 0 Å². The molecule has 1 unspecified atom stereocenters. The van der Waals surface area contributed by atoms with Crippen molar-refractivity contribution in [2.24, 2.45) is 5.73 Å². The van der Waals surface area contributed by atoms with Crippen molar-refractivity contribution in [2.75, 3.05) is 23.3 Å². The topological polar surface area (TPSA) is 67.1 Å². The molecule has 0 bridgehead atoms. The molecule has 104 valence electrons. The lowest BCUT2D eigenvalue weighted by molar-refractivity contribution is 0.461. The van der Waals surface area contributed by atoms with Crippen LogP contribution in [0, 0.1) is 6.92 Å². The number of aryl methyl sites for hydroxylation is 1. The van der Waals surface area contributed by atoms with Gasteiger partial charge in [-0.25, -0.2) is 9.97 Å². The number of hydrogen-bond donors (Lipinski definition) is 2. The molecule has 19 heavy (non-hydrogen) atoms. The number of nitrogens with two attached hydrogens (primary N) is 1.